The van der Waals surface area contributed by atoms with E-state index in [1.54, 1.807) is 36.4 Å². The van der Waals surface area contributed by atoms with Crippen LogP contribution in [0.1, 0.15) is 5.56 Å². The largest absolute Gasteiger partial charge is 0.297 e. The Bertz CT molecular complexity index is 672. The second kappa shape index (κ2) is 6.05. The lowest BCUT2D eigenvalue weighted by molar-refractivity contribution is 0.307. The zero-order chi connectivity index (χ0) is 13.9. The lowest BCUT2D eigenvalue weighted by Gasteiger charge is -2.07. The molecule has 2 rings (SSSR count). The van der Waals surface area contributed by atoms with Crippen molar-refractivity contribution in [1.29, 1.82) is 0 Å². The van der Waals surface area contributed by atoms with Crippen molar-refractivity contribution in [2.24, 2.45) is 0 Å². The Morgan fingerprint density at radius 2 is 1.79 bits per heavy atom. The SMILES string of the molecule is O=S(=O)(OCc1cc(Cl)ccc1Br)c1ccccc1. The average molecular weight is 362 g/mol. The Labute approximate surface area is 125 Å². The van der Waals surface area contributed by atoms with E-state index in [1.165, 1.54) is 12.1 Å². The maximum Gasteiger partial charge on any atom is 0.297 e. The first-order valence-corrected chi connectivity index (χ1v) is 7.95. The van der Waals surface area contributed by atoms with E-state index in [4.69, 9.17) is 15.8 Å². The van der Waals surface area contributed by atoms with Gasteiger partial charge in [0.05, 0.1) is 11.5 Å². The maximum absolute atomic E-state index is 11.9. The molecule has 0 fully saturated rings. The lowest BCUT2D eigenvalue weighted by atomic mass is 10.2. The number of hydrogen-bond donors (Lipinski definition) is 0. The Morgan fingerprint density at radius 1 is 1.11 bits per heavy atom. The van der Waals surface area contributed by atoms with Crippen LogP contribution < -0.4 is 0 Å². The van der Waals surface area contributed by atoms with Crippen molar-refractivity contribution < 1.29 is 12.6 Å². The zero-order valence-electron chi connectivity index (χ0n) is 9.71. The van der Waals surface area contributed by atoms with Gasteiger partial charge in [0.25, 0.3) is 10.1 Å². The summed E-state index contributed by atoms with van der Waals surface area (Å²) in [4.78, 5) is 0.133. The molecular formula is C13H10BrClO3S. The van der Waals surface area contributed by atoms with Gasteiger partial charge in [0, 0.05) is 9.50 Å². The van der Waals surface area contributed by atoms with Crippen LogP contribution in [0.2, 0.25) is 5.02 Å². The fourth-order valence-corrected chi connectivity index (χ4v) is 2.91. The molecule has 0 saturated heterocycles. The lowest BCUT2D eigenvalue weighted by Crippen LogP contribution is -2.06. The summed E-state index contributed by atoms with van der Waals surface area (Å²) < 4.78 is 29.6. The molecular weight excluding hydrogens is 352 g/mol. The van der Waals surface area contributed by atoms with E-state index in [9.17, 15) is 8.42 Å². The summed E-state index contributed by atoms with van der Waals surface area (Å²) in [5, 5.41) is 0.527. The molecule has 0 bridgehead atoms. The van der Waals surface area contributed by atoms with Crippen molar-refractivity contribution >= 4 is 37.6 Å². The minimum Gasteiger partial charge on any atom is -0.262 e. The van der Waals surface area contributed by atoms with Crippen LogP contribution in [0.4, 0.5) is 0 Å². The zero-order valence-corrected chi connectivity index (χ0v) is 12.9. The summed E-state index contributed by atoms with van der Waals surface area (Å²) in [7, 11) is -3.75. The van der Waals surface area contributed by atoms with Crippen LogP contribution in [0.15, 0.2) is 57.9 Å². The van der Waals surface area contributed by atoms with Crippen LogP contribution in [0.5, 0.6) is 0 Å². The second-order valence-corrected chi connectivity index (χ2v) is 6.67. The van der Waals surface area contributed by atoms with Gasteiger partial charge in [0.15, 0.2) is 0 Å². The topological polar surface area (TPSA) is 43.4 Å². The van der Waals surface area contributed by atoms with Crippen molar-refractivity contribution in [3.05, 3.63) is 63.6 Å². The Balaban J connectivity index is 2.17. The highest BCUT2D eigenvalue weighted by molar-refractivity contribution is 9.10. The third kappa shape index (κ3) is 3.79. The molecule has 0 atom stereocenters. The average Bonchev–Trinajstić information content (AvgIpc) is 2.41. The summed E-state index contributed by atoms with van der Waals surface area (Å²) in [5.41, 5.74) is 0.673. The van der Waals surface area contributed by atoms with E-state index in [-0.39, 0.29) is 11.5 Å². The Hall–Kier alpha value is -0.880. The van der Waals surface area contributed by atoms with Crippen molar-refractivity contribution in [2.45, 2.75) is 11.5 Å². The number of hydrogen-bond acceptors (Lipinski definition) is 3. The third-order valence-electron chi connectivity index (χ3n) is 2.41. The summed E-state index contributed by atoms with van der Waals surface area (Å²) in [6.45, 7) is -0.0711. The van der Waals surface area contributed by atoms with Gasteiger partial charge in [-0.1, -0.05) is 45.7 Å². The quantitative estimate of drug-likeness (QED) is 0.773. The number of benzene rings is 2. The Kier molecular flexibility index (Phi) is 4.62. The molecule has 0 saturated carbocycles. The van der Waals surface area contributed by atoms with Gasteiger partial charge in [-0.3, -0.25) is 4.18 Å². The first-order chi connectivity index (χ1) is 8.99. The molecule has 2 aromatic rings. The van der Waals surface area contributed by atoms with E-state index < -0.39 is 10.1 Å². The molecule has 0 heterocycles. The van der Waals surface area contributed by atoms with E-state index >= 15 is 0 Å². The standard InChI is InChI=1S/C13H10BrClO3S/c14-13-7-6-11(15)8-10(13)9-18-19(16,17)12-4-2-1-3-5-12/h1-8H,9H2. The van der Waals surface area contributed by atoms with Gasteiger partial charge in [-0.05, 0) is 35.9 Å². The van der Waals surface area contributed by atoms with Crippen molar-refractivity contribution in [1.82, 2.24) is 0 Å². The van der Waals surface area contributed by atoms with E-state index in [1.807, 2.05) is 0 Å². The first-order valence-electron chi connectivity index (χ1n) is 5.37. The predicted molar refractivity (Wildman–Crippen MR) is 77.6 cm³/mol. The third-order valence-corrected chi connectivity index (χ3v) is 4.70. The Morgan fingerprint density at radius 3 is 2.47 bits per heavy atom. The van der Waals surface area contributed by atoms with E-state index in [2.05, 4.69) is 15.9 Å². The van der Waals surface area contributed by atoms with Gasteiger partial charge in [-0.25, -0.2) is 0 Å². The highest BCUT2D eigenvalue weighted by atomic mass is 79.9. The smallest absolute Gasteiger partial charge is 0.262 e. The molecule has 0 N–H and O–H groups in total. The molecule has 100 valence electrons. The summed E-state index contributed by atoms with van der Waals surface area (Å²) in [5.74, 6) is 0. The molecule has 0 aliphatic heterocycles. The van der Waals surface area contributed by atoms with Gasteiger partial charge in [-0.2, -0.15) is 8.42 Å². The van der Waals surface area contributed by atoms with Crippen LogP contribution in [0.25, 0.3) is 0 Å². The number of rotatable bonds is 4. The molecule has 2 aromatic carbocycles. The first kappa shape index (κ1) is 14.5. The summed E-state index contributed by atoms with van der Waals surface area (Å²) in [6.07, 6.45) is 0. The van der Waals surface area contributed by atoms with E-state index in [0.29, 0.717) is 10.6 Å². The second-order valence-electron chi connectivity index (χ2n) is 3.77. The highest BCUT2D eigenvalue weighted by Gasteiger charge is 2.15. The summed E-state index contributed by atoms with van der Waals surface area (Å²) in [6, 6.07) is 13.1. The van der Waals surface area contributed by atoms with Gasteiger partial charge < -0.3 is 0 Å². The van der Waals surface area contributed by atoms with Crippen molar-refractivity contribution in [2.75, 3.05) is 0 Å². The van der Waals surface area contributed by atoms with Crippen LogP contribution in [-0.4, -0.2) is 8.42 Å². The monoisotopic (exact) mass is 360 g/mol. The normalized spacial score (nSPS) is 11.5. The molecule has 3 nitrogen and oxygen atoms in total. The number of halogens is 2. The fraction of sp³-hybridized carbons (Fsp3) is 0.0769. The molecule has 0 aromatic heterocycles. The minimum atomic E-state index is -3.75. The van der Waals surface area contributed by atoms with E-state index in [0.717, 1.165) is 4.47 Å². The maximum atomic E-state index is 11.9. The van der Waals surface area contributed by atoms with Crippen molar-refractivity contribution in [3.63, 3.8) is 0 Å². The van der Waals surface area contributed by atoms with Gasteiger partial charge in [0.1, 0.15) is 0 Å². The van der Waals surface area contributed by atoms with Gasteiger partial charge in [0.2, 0.25) is 0 Å². The molecule has 0 amide bonds. The van der Waals surface area contributed by atoms with Crippen molar-refractivity contribution in [3.8, 4) is 0 Å². The van der Waals surface area contributed by atoms with Gasteiger partial charge in [-0.15, -0.1) is 0 Å². The molecule has 0 unspecified atom stereocenters. The van der Waals surface area contributed by atoms with Crippen LogP contribution >= 0.6 is 27.5 Å². The van der Waals surface area contributed by atoms with Crippen LogP contribution in [0, 0.1) is 0 Å². The molecule has 0 radical (unpaired) electrons. The molecule has 6 heteroatoms. The van der Waals surface area contributed by atoms with Crippen LogP contribution in [-0.2, 0) is 20.9 Å². The molecule has 0 aliphatic rings. The van der Waals surface area contributed by atoms with Crippen LogP contribution in [0.3, 0.4) is 0 Å². The molecule has 19 heavy (non-hydrogen) atoms. The molecule has 0 spiro atoms. The molecule has 0 aliphatic carbocycles. The fourth-order valence-electron chi connectivity index (χ4n) is 1.45. The van der Waals surface area contributed by atoms with Gasteiger partial charge >= 0.3 is 0 Å². The summed E-state index contributed by atoms with van der Waals surface area (Å²) >= 11 is 9.18. The predicted octanol–water partition coefficient (Wildman–Crippen LogP) is 4.01. The minimum absolute atomic E-state index is 0.0711. The highest BCUT2D eigenvalue weighted by Crippen LogP contribution is 2.23.